The number of hydrazone groups is 1. The van der Waals surface area contributed by atoms with Crippen molar-refractivity contribution in [3.8, 4) is 0 Å². The molecule has 22 heavy (non-hydrogen) atoms. The summed E-state index contributed by atoms with van der Waals surface area (Å²) in [6.07, 6.45) is 1.38. The fourth-order valence-corrected chi connectivity index (χ4v) is 1.85. The van der Waals surface area contributed by atoms with Gasteiger partial charge in [0.2, 0.25) is 0 Å². The Hall–Kier alpha value is -2.60. The summed E-state index contributed by atoms with van der Waals surface area (Å²) in [5.41, 5.74) is 2.60. The Bertz CT molecular complexity index is 710. The van der Waals surface area contributed by atoms with Crippen molar-refractivity contribution in [3.63, 3.8) is 0 Å². The average molecular weight is 320 g/mol. The summed E-state index contributed by atoms with van der Waals surface area (Å²) in [7, 11) is 0. The number of nitrogens with zero attached hydrogens (tertiary/aromatic N) is 1. The zero-order valence-electron chi connectivity index (χ0n) is 11.8. The second-order valence-electron chi connectivity index (χ2n) is 4.40. The maximum absolute atomic E-state index is 11.8. The highest BCUT2D eigenvalue weighted by molar-refractivity contribution is 6.33. The maximum atomic E-state index is 11.8. The summed E-state index contributed by atoms with van der Waals surface area (Å²) in [5.74, 6) is 0.393. The van der Waals surface area contributed by atoms with Crippen LogP contribution in [0.5, 0.6) is 0 Å². The van der Waals surface area contributed by atoms with E-state index in [0.29, 0.717) is 16.3 Å². The number of hydrogen-bond donors (Lipinski definition) is 2. The number of rotatable bonds is 5. The SMILES string of the molecule is Cc1ccc(C=NNC(=O)CNC(=O)c2ccccc2Cl)o1. The third kappa shape index (κ3) is 4.46. The lowest BCUT2D eigenvalue weighted by Gasteiger charge is -2.05. The minimum atomic E-state index is -0.458. The van der Waals surface area contributed by atoms with Gasteiger partial charge in [0.1, 0.15) is 11.5 Å². The molecule has 2 aromatic rings. The lowest BCUT2D eigenvalue weighted by molar-refractivity contribution is -0.120. The number of amides is 2. The van der Waals surface area contributed by atoms with Gasteiger partial charge in [-0.25, -0.2) is 5.43 Å². The number of carbonyl (C=O) groups excluding carboxylic acids is 2. The molecule has 1 heterocycles. The summed E-state index contributed by atoms with van der Waals surface area (Å²) in [5, 5.41) is 6.51. The van der Waals surface area contributed by atoms with Gasteiger partial charge in [0, 0.05) is 0 Å². The molecule has 0 radical (unpaired) electrons. The number of nitrogens with one attached hydrogen (secondary N) is 2. The van der Waals surface area contributed by atoms with Crippen molar-refractivity contribution in [1.29, 1.82) is 0 Å². The highest BCUT2D eigenvalue weighted by Gasteiger charge is 2.10. The van der Waals surface area contributed by atoms with E-state index in [1.54, 1.807) is 43.3 Å². The fourth-order valence-electron chi connectivity index (χ4n) is 1.63. The molecule has 2 amide bonds. The van der Waals surface area contributed by atoms with E-state index in [0.717, 1.165) is 5.76 Å². The van der Waals surface area contributed by atoms with E-state index in [2.05, 4.69) is 15.8 Å². The number of halogens is 1. The van der Waals surface area contributed by atoms with Crippen LogP contribution in [0.2, 0.25) is 5.02 Å². The van der Waals surface area contributed by atoms with Crippen molar-refractivity contribution in [1.82, 2.24) is 10.7 Å². The largest absolute Gasteiger partial charge is 0.460 e. The van der Waals surface area contributed by atoms with Crippen LogP contribution in [0.25, 0.3) is 0 Å². The molecule has 0 aliphatic rings. The van der Waals surface area contributed by atoms with Gasteiger partial charge in [0.15, 0.2) is 0 Å². The number of benzene rings is 1. The Morgan fingerprint density at radius 1 is 1.27 bits per heavy atom. The highest BCUT2D eigenvalue weighted by Crippen LogP contribution is 2.14. The molecule has 0 saturated heterocycles. The molecule has 6 nitrogen and oxygen atoms in total. The van der Waals surface area contributed by atoms with Crippen LogP contribution >= 0.6 is 11.6 Å². The van der Waals surface area contributed by atoms with Gasteiger partial charge in [-0.1, -0.05) is 23.7 Å². The van der Waals surface area contributed by atoms with Crippen molar-refractivity contribution >= 4 is 29.6 Å². The third-order valence-electron chi connectivity index (χ3n) is 2.67. The van der Waals surface area contributed by atoms with Crippen molar-refractivity contribution in [3.05, 3.63) is 58.5 Å². The summed E-state index contributed by atoms with van der Waals surface area (Å²) in [4.78, 5) is 23.4. The van der Waals surface area contributed by atoms with Crippen LogP contribution in [0.15, 0.2) is 45.9 Å². The third-order valence-corrected chi connectivity index (χ3v) is 3.00. The van der Waals surface area contributed by atoms with Crippen molar-refractivity contribution in [2.75, 3.05) is 6.54 Å². The fraction of sp³-hybridized carbons (Fsp3) is 0.133. The average Bonchev–Trinajstić information content (AvgIpc) is 2.91. The molecule has 0 spiro atoms. The lowest BCUT2D eigenvalue weighted by Crippen LogP contribution is -2.35. The molecule has 1 aromatic heterocycles. The van der Waals surface area contributed by atoms with Gasteiger partial charge in [-0.15, -0.1) is 0 Å². The molecule has 0 saturated carbocycles. The van der Waals surface area contributed by atoms with Crippen LogP contribution < -0.4 is 10.7 Å². The van der Waals surface area contributed by atoms with Gasteiger partial charge in [-0.3, -0.25) is 9.59 Å². The molecule has 114 valence electrons. The van der Waals surface area contributed by atoms with E-state index in [1.165, 1.54) is 6.21 Å². The van der Waals surface area contributed by atoms with Crippen LogP contribution in [0.4, 0.5) is 0 Å². The second kappa shape index (κ2) is 7.42. The lowest BCUT2D eigenvalue weighted by atomic mass is 10.2. The minimum absolute atomic E-state index is 0.210. The zero-order chi connectivity index (χ0) is 15.9. The Morgan fingerprint density at radius 3 is 2.73 bits per heavy atom. The van der Waals surface area contributed by atoms with E-state index in [4.69, 9.17) is 16.0 Å². The van der Waals surface area contributed by atoms with Gasteiger partial charge >= 0.3 is 0 Å². The summed E-state index contributed by atoms with van der Waals surface area (Å²) in [6.45, 7) is 1.60. The Labute approximate surface area is 132 Å². The molecule has 1 aromatic carbocycles. The predicted octanol–water partition coefficient (Wildman–Crippen LogP) is 2.12. The molecule has 0 atom stereocenters. The molecular formula is C15H14ClN3O3. The molecular weight excluding hydrogens is 306 g/mol. The van der Waals surface area contributed by atoms with Gasteiger partial charge in [-0.05, 0) is 31.2 Å². The molecule has 0 aliphatic heterocycles. The van der Waals surface area contributed by atoms with Gasteiger partial charge in [0.05, 0.1) is 23.3 Å². The molecule has 2 N–H and O–H groups in total. The molecule has 7 heteroatoms. The van der Waals surface area contributed by atoms with Gasteiger partial charge in [-0.2, -0.15) is 5.10 Å². The van der Waals surface area contributed by atoms with E-state index >= 15 is 0 Å². The molecule has 0 bridgehead atoms. The molecule has 0 aliphatic carbocycles. The molecule has 0 fully saturated rings. The number of carbonyl (C=O) groups is 2. The number of hydrogen-bond acceptors (Lipinski definition) is 4. The highest BCUT2D eigenvalue weighted by atomic mass is 35.5. The number of aryl methyl sites for hydroxylation is 1. The van der Waals surface area contributed by atoms with Crippen molar-refractivity contribution < 1.29 is 14.0 Å². The van der Waals surface area contributed by atoms with Gasteiger partial charge < -0.3 is 9.73 Å². The van der Waals surface area contributed by atoms with E-state index < -0.39 is 11.8 Å². The summed E-state index contributed by atoms with van der Waals surface area (Å²) in [6, 6.07) is 10.1. The zero-order valence-corrected chi connectivity index (χ0v) is 12.6. The Morgan fingerprint density at radius 2 is 2.05 bits per heavy atom. The van der Waals surface area contributed by atoms with Crippen molar-refractivity contribution in [2.45, 2.75) is 6.92 Å². The van der Waals surface area contributed by atoms with Crippen LogP contribution in [-0.4, -0.2) is 24.6 Å². The monoisotopic (exact) mass is 319 g/mol. The quantitative estimate of drug-likeness (QED) is 0.654. The van der Waals surface area contributed by atoms with E-state index in [-0.39, 0.29) is 6.54 Å². The van der Waals surface area contributed by atoms with Crippen molar-refractivity contribution in [2.24, 2.45) is 5.10 Å². The second-order valence-corrected chi connectivity index (χ2v) is 4.81. The first kappa shape index (κ1) is 15.8. The Balaban J connectivity index is 1.79. The first-order valence-electron chi connectivity index (χ1n) is 6.47. The normalized spacial score (nSPS) is 10.6. The van der Waals surface area contributed by atoms with E-state index in [1.807, 2.05) is 0 Å². The topological polar surface area (TPSA) is 83.7 Å². The smallest absolute Gasteiger partial charge is 0.259 e. The van der Waals surface area contributed by atoms with Crippen LogP contribution in [0.3, 0.4) is 0 Å². The summed E-state index contributed by atoms with van der Waals surface area (Å²) < 4.78 is 5.25. The van der Waals surface area contributed by atoms with Crippen LogP contribution in [-0.2, 0) is 4.79 Å². The predicted molar refractivity (Wildman–Crippen MR) is 83.0 cm³/mol. The van der Waals surface area contributed by atoms with E-state index in [9.17, 15) is 9.59 Å². The van der Waals surface area contributed by atoms with Crippen LogP contribution in [0.1, 0.15) is 21.9 Å². The standard InChI is InChI=1S/C15H14ClN3O3/c1-10-6-7-11(22-10)8-18-19-14(20)9-17-15(21)12-4-2-3-5-13(12)16/h2-8H,9H2,1H3,(H,17,21)(H,19,20). The van der Waals surface area contributed by atoms with Crippen LogP contribution in [0, 0.1) is 6.92 Å². The van der Waals surface area contributed by atoms with Gasteiger partial charge in [0.25, 0.3) is 11.8 Å². The molecule has 2 rings (SSSR count). The minimum Gasteiger partial charge on any atom is -0.460 e. The number of furan rings is 1. The first-order valence-corrected chi connectivity index (χ1v) is 6.85. The first-order chi connectivity index (χ1) is 10.6. The summed E-state index contributed by atoms with van der Waals surface area (Å²) >= 11 is 5.89. The Kier molecular flexibility index (Phi) is 5.32. The maximum Gasteiger partial charge on any atom is 0.259 e. The molecule has 0 unspecified atom stereocenters.